The number of nitrogens with zero attached hydrogens (tertiary/aromatic N) is 1. The van der Waals surface area contributed by atoms with Crippen molar-refractivity contribution in [2.45, 2.75) is 26.1 Å². The fourth-order valence-electron chi connectivity index (χ4n) is 3.28. The van der Waals surface area contributed by atoms with Crippen LogP contribution in [0.4, 0.5) is 5.69 Å². The van der Waals surface area contributed by atoms with E-state index in [2.05, 4.69) is 0 Å². The highest BCUT2D eigenvalue weighted by Gasteiger charge is 2.31. The molecular formula is C21H20ClNO6. The average Bonchev–Trinajstić information content (AvgIpc) is 2.72. The number of hydrogen-bond acceptors (Lipinski definition) is 6. The molecule has 0 unspecified atom stereocenters. The molecule has 4 rings (SSSR count). The van der Waals surface area contributed by atoms with Gasteiger partial charge in [0.25, 0.3) is 5.91 Å². The van der Waals surface area contributed by atoms with Crippen molar-refractivity contribution in [3.63, 3.8) is 0 Å². The molecular weight excluding hydrogens is 398 g/mol. The maximum Gasteiger partial charge on any atom is 0.307 e. The summed E-state index contributed by atoms with van der Waals surface area (Å²) in [6.45, 7) is 2.85. The Morgan fingerprint density at radius 1 is 1.21 bits per heavy atom. The number of para-hydroxylation sites is 2. The van der Waals surface area contributed by atoms with Gasteiger partial charge in [-0.2, -0.15) is 0 Å². The number of amides is 1. The van der Waals surface area contributed by atoms with Crippen molar-refractivity contribution in [1.29, 1.82) is 0 Å². The summed E-state index contributed by atoms with van der Waals surface area (Å²) in [6.07, 6.45) is -0.536. The van der Waals surface area contributed by atoms with E-state index in [4.69, 9.17) is 30.5 Å². The van der Waals surface area contributed by atoms with Gasteiger partial charge in [0, 0.05) is 6.54 Å². The molecule has 2 heterocycles. The number of benzene rings is 2. The number of ether oxygens (including phenoxy) is 4. The Labute approximate surface area is 173 Å². The molecule has 0 bridgehead atoms. The Kier molecular flexibility index (Phi) is 5.49. The molecule has 1 amide bonds. The van der Waals surface area contributed by atoms with Gasteiger partial charge in [0.2, 0.25) is 0 Å². The first-order valence-electron chi connectivity index (χ1n) is 9.33. The lowest BCUT2D eigenvalue weighted by Crippen LogP contribution is -2.45. The zero-order valence-corrected chi connectivity index (χ0v) is 16.6. The predicted molar refractivity (Wildman–Crippen MR) is 106 cm³/mol. The smallest absolute Gasteiger partial charge is 0.307 e. The molecule has 0 spiro atoms. The van der Waals surface area contributed by atoms with Crippen molar-refractivity contribution in [1.82, 2.24) is 0 Å². The van der Waals surface area contributed by atoms with Gasteiger partial charge in [0.15, 0.2) is 17.6 Å². The molecule has 2 aromatic carbocycles. The second-order valence-corrected chi connectivity index (χ2v) is 7.14. The lowest BCUT2D eigenvalue weighted by molar-refractivity contribution is -0.144. The highest BCUT2D eigenvalue weighted by molar-refractivity contribution is 6.32. The van der Waals surface area contributed by atoms with Gasteiger partial charge >= 0.3 is 5.97 Å². The number of carbonyl (C=O) groups is 2. The third-order valence-corrected chi connectivity index (χ3v) is 4.95. The van der Waals surface area contributed by atoms with Crippen LogP contribution in [0.1, 0.15) is 18.9 Å². The van der Waals surface area contributed by atoms with Crippen molar-refractivity contribution < 1.29 is 28.5 Å². The fraction of sp³-hybridized carbons (Fsp3) is 0.333. The molecule has 0 N–H and O–H groups in total. The molecule has 8 heteroatoms. The minimum Gasteiger partial charge on any atom is -0.486 e. The van der Waals surface area contributed by atoms with Gasteiger partial charge in [-0.3, -0.25) is 9.59 Å². The van der Waals surface area contributed by atoms with Crippen LogP contribution in [0.5, 0.6) is 17.2 Å². The van der Waals surface area contributed by atoms with Crippen LogP contribution < -0.4 is 19.1 Å². The van der Waals surface area contributed by atoms with Gasteiger partial charge in [0.05, 0.1) is 17.1 Å². The Morgan fingerprint density at radius 3 is 2.86 bits per heavy atom. The van der Waals surface area contributed by atoms with E-state index in [1.165, 1.54) is 0 Å². The van der Waals surface area contributed by atoms with E-state index in [0.29, 0.717) is 46.7 Å². The zero-order chi connectivity index (χ0) is 20.4. The third-order valence-electron chi connectivity index (χ3n) is 4.67. The lowest BCUT2D eigenvalue weighted by atomic mass is 10.1. The number of halogens is 1. The Bertz CT molecular complexity index is 947. The fourth-order valence-corrected chi connectivity index (χ4v) is 3.56. The minimum absolute atomic E-state index is 0.0548. The minimum atomic E-state index is -0.597. The normalized spacial score (nSPS) is 17.4. The van der Waals surface area contributed by atoms with Crippen molar-refractivity contribution in [3.05, 3.63) is 47.0 Å². The van der Waals surface area contributed by atoms with Crippen LogP contribution in [0.25, 0.3) is 0 Å². The number of anilines is 1. The van der Waals surface area contributed by atoms with E-state index < -0.39 is 12.1 Å². The first-order valence-corrected chi connectivity index (χ1v) is 9.71. The summed E-state index contributed by atoms with van der Waals surface area (Å²) in [6, 6.07) is 10.7. The highest BCUT2D eigenvalue weighted by atomic mass is 35.5. The molecule has 152 valence electrons. The van der Waals surface area contributed by atoms with E-state index in [1.54, 1.807) is 36.1 Å². The highest BCUT2D eigenvalue weighted by Crippen LogP contribution is 2.38. The maximum atomic E-state index is 12.5. The summed E-state index contributed by atoms with van der Waals surface area (Å²) in [7, 11) is 0. The van der Waals surface area contributed by atoms with Gasteiger partial charge < -0.3 is 23.8 Å². The Hall–Kier alpha value is -2.93. The van der Waals surface area contributed by atoms with Gasteiger partial charge in [-0.15, -0.1) is 0 Å². The van der Waals surface area contributed by atoms with Crippen LogP contribution in [0.3, 0.4) is 0 Å². The first kappa shape index (κ1) is 19.4. The third kappa shape index (κ3) is 4.10. The van der Waals surface area contributed by atoms with Crippen LogP contribution in [0.15, 0.2) is 36.4 Å². The number of carbonyl (C=O) groups excluding carboxylic acids is 2. The number of hydrogen-bond donors (Lipinski definition) is 0. The van der Waals surface area contributed by atoms with Crippen molar-refractivity contribution in [3.8, 4) is 17.2 Å². The summed E-state index contributed by atoms with van der Waals surface area (Å²) in [4.78, 5) is 26.3. The van der Waals surface area contributed by atoms with Crippen LogP contribution >= 0.6 is 11.6 Å². The van der Waals surface area contributed by atoms with E-state index in [0.717, 1.165) is 0 Å². The number of fused-ring (bicyclic) bond motifs is 2. The summed E-state index contributed by atoms with van der Waals surface area (Å²) < 4.78 is 22.0. The maximum absolute atomic E-state index is 12.5. The number of esters is 1. The zero-order valence-electron chi connectivity index (χ0n) is 15.9. The van der Waals surface area contributed by atoms with Crippen molar-refractivity contribution >= 4 is 29.2 Å². The van der Waals surface area contributed by atoms with Crippen LogP contribution in [-0.2, 0) is 20.9 Å². The van der Waals surface area contributed by atoms with Gasteiger partial charge in [-0.05, 0) is 36.8 Å². The van der Waals surface area contributed by atoms with E-state index >= 15 is 0 Å². The van der Waals surface area contributed by atoms with Crippen LogP contribution in [0, 0.1) is 0 Å². The summed E-state index contributed by atoms with van der Waals surface area (Å²) >= 11 is 6.20. The quantitative estimate of drug-likeness (QED) is 0.694. The molecule has 1 atom stereocenters. The van der Waals surface area contributed by atoms with E-state index in [-0.39, 0.29) is 25.5 Å². The van der Waals surface area contributed by atoms with Crippen LogP contribution in [-0.4, -0.2) is 37.7 Å². The number of rotatable bonds is 5. The molecule has 2 aliphatic heterocycles. The molecule has 0 aliphatic carbocycles. The van der Waals surface area contributed by atoms with Crippen LogP contribution in [0.2, 0.25) is 5.02 Å². The lowest BCUT2D eigenvalue weighted by Gasteiger charge is -2.32. The van der Waals surface area contributed by atoms with E-state index in [9.17, 15) is 9.59 Å². The standard InChI is InChI=1S/C21H20ClNO6/c1-13-21(25)23(16-4-2-3-5-17(16)29-13)7-6-19(24)28-12-14-10-15(22)20-18(11-14)26-8-9-27-20/h2-5,10-11,13H,6-9,12H2,1H3/t13-/m1/s1. The van der Waals surface area contributed by atoms with Gasteiger partial charge in [-0.25, -0.2) is 0 Å². The summed E-state index contributed by atoms with van der Waals surface area (Å²) in [5, 5.41) is 0.415. The molecule has 2 aliphatic rings. The molecule has 0 aromatic heterocycles. The SMILES string of the molecule is C[C@H]1Oc2ccccc2N(CCC(=O)OCc2cc(Cl)c3c(c2)OCCO3)C1=O. The molecule has 7 nitrogen and oxygen atoms in total. The summed E-state index contributed by atoms with van der Waals surface area (Å²) in [5.41, 5.74) is 1.36. The molecule has 0 radical (unpaired) electrons. The van der Waals surface area contributed by atoms with E-state index in [1.807, 2.05) is 12.1 Å². The second kappa shape index (κ2) is 8.21. The molecule has 29 heavy (non-hydrogen) atoms. The summed E-state index contributed by atoms with van der Waals surface area (Å²) in [5.74, 6) is 1.07. The van der Waals surface area contributed by atoms with Crippen molar-refractivity contribution in [2.75, 3.05) is 24.7 Å². The predicted octanol–water partition coefficient (Wildman–Crippen LogP) is 3.36. The monoisotopic (exact) mass is 417 g/mol. The van der Waals surface area contributed by atoms with Crippen molar-refractivity contribution in [2.24, 2.45) is 0 Å². The molecule has 0 fully saturated rings. The second-order valence-electron chi connectivity index (χ2n) is 6.73. The van der Waals surface area contributed by atoms with Gasteiger partial charge in [-0.1, -0.05) is 23.7 Å². The molecule has 0 saturated carbocycles. The first-order chi connectivity index (χ1) is 14.0. The topological polar surface area (TPSA) is 74.3 Å². The Morgan fingerprint density at radius 2 is 2.00 bits per heavy atom. The molecule has 0 saturated heterocycles. The molecule has 2 aromatic rings. The largest absolute Gasteiger partial charge is 0.486 e. The Balaban J connectivity index is 1.36. The van der Waals surface area contributed by atoms with Gasteiger partial charge in [0.1, 0.15) is 25.6 Å². The average molecular weight is 418 g/mol.